The molecule has 150 valence electrons. The molecule has 0 saturated heterocycles. The molecule has 0 saturated carbocycles. The molecule has 6 nitrogen and oxygen atoms in total. The predicted octanol–water partition coefficient (Wildman–Crippen LogP) is 4.24. The molecule has 1 aromatic carbocycles. The lowest BCUT2D eigenvalue weighted by Crippen LogP contribution is -2.20. The van der Waals surface area contributed by atoms with Crippen LogP contribution in [0.1, 0.15) is 66.5 Å². The molecule has 2 rings (SSSR count). The van der Waals surface area contributed by atoms with Gasteiger partial charge in [0.1, 0.15) is 17.6 Å². The molecule has 6 heteroatoms. The average Bonchev–Trinajstić information content (AvgIpc) is 2.66. The molecule has 0 fully saturated rings. The number of ketones is 2. The predicted molar refractivity (Wildman–Crippen MR) is 105 cm³/mol. The standard InChI is InChI=1S/C22H26O6/c1-12(2)7-10-17(28-22(25)13(3)4)14-11-18(26-5)19-15(23)8-9-16(24)20(19)21(14)27-6/h7-9,11,13,17H,10H2,1-6H3/t17-/m1/s1. The minimum absolute atomic E-state index is 0.132. The molecule has 0 radical (unpaired) electrons. The molecule has 0 bridgehead atoms. The zero-order valence-corrected chi connectivity index (χ0v) is 17.1. The van der Waals surface area contributed by atoms with Gasteiger partial charge in [-0.05, 0) is 32.1 Å². The van der Waals surface area contributed by atoms with Crippen molar-refractivity contribution in [1.29, 1.82) is 0 Å². The van der Waals surface area contributed by atoms with Crippen molar-refractivity contribution >= 4 is 17.5 Å². The molecular formula is C22H26O6. The Hall–Kier alpha value is -2.89. The van der Waals surface area contributed by atoms with Crippen molar-refractivity contribution in [2.75, 3.05) is 14.2 Å². The van der Waals surface area contributed by atoms with E-state index in [2.05, 4.69) is 0 Å². The second kappa shape index (κ2) is 8.87. The van der Waals surface area contributed by atoms with Gasteiger partial charge in [-0.15, -0.1) is 0 Å². The molecule has 0 spiro atoms. The van der Waals surface area contributed by atoms with E-state index in [1.54, 1.807) is 19.9 Å². The third-order valence-corrected chi connectivity index (χ3v) is 4.39. The van der Waals surface area contributed by atoms with Gasteiger partial charge in [-0.1, -0.05) is 25.5 Å². The zero-order chi connectivity index (χ0) is 21.0. The summed E-state index contributed by atoms with van der Waals surface area (Å²) in [4.78, 5) is 37.2. The monoisotopic (exact) mass is 386 g/mol. The maximum atomic E-state index is 12.6. The van der Waals surface area contributed by atoms with E-state index < -0.39 is 6.10 Å². The van der Waals surface area contributed by atoms with Gasteiger partial charge in [0.25, 0.3) is 0 Å². The molecule has 0 N–H and O–H groups in total. The highest BCUT2D eigenvalue weighted by Gasteiger charge is 2.33. The second-order valence-electron chi connectivity index (χ2n) is 7.11. The smallest absolute Gasteiger partial charge is 0.308 e. The number of hydrogen-bond donors (Lipinski definition) is 0. The summed E-state index contributed by atoms with van der Waals surface area (Å²) in [6.07, 6.45) is 4.08. The van der Waals surface area contributed by atoms with Gasteiger partial charge in [-0.25, -0.2) is 0 Å². The quantitative estimate of drug-likeness (QED) is 0.515. The van der Waals surface area contributed by atoms with Crippen LogP contribution in [-0.4, -0.2) is 31.8 Å². The fourth-order valence-corrected chi connectivity index (χ4v) is 2.94. The number of methoxy groups -OCH3 is 2. The molecule has 0 aliphatic heterocycles. The first-order valence-electron chi connectivity index (χ1n) is 9.10. The van der Waals surface area contributed by atoms with Crippen molar-refractivity contribution in [3.8, 4) is 11.5 Å². The number of carbonyl (C=O) groups is 3. The van der Waals surface area contributed by atoms with E-state index in [1.165, 1.54) is 26.4 Å². The van der Waals surface area contributed by atoms with Gasteiger partial charge in [0.05, 0.1) is 31.3 Å². The van der Waals surface area contributed by atoms with Gasteiger partial charge in [-0.3, -0.25) is 14.4 Å². The molecule has 0 heterocycles. The van der Waals surface area contributed by atoms with Crippen molar-refractivity contribution in [2.24, 2.45) is 5.92 Å². The molecule has 0 aromatic heterocycles. The Bertz CT molecular complexity index is 856. The van der Waals surface area contributed by atoms with Crippen LogP contribution in [0, 0.1) is 5.92 Å². The molecule has 1 atom stereocenters. The molecule has 1 aliphatic rings. The van der Waals surface area contributed by atoms with Crippen molar-refractivity contribution < 1.29 is 28.6 Å². The highest BCUT2D eigenvalue weighted by Crippen LogP contribution is 2.42. The first kappa shape index (κ1) is 21.4. The Kier molecular flexibility index (Phi) is 6.78. The van der Waals surface area contributed by atoms with E-state index in [-0.39, 0.29) is 46.1 Å². The van der Waals surface area contributed by atoms with E-state index in [0.29, 0.717) is 12.0 Å². The Morgan fingerprint density at radius 1 is 1.04 bits per heavy atom. The Balaban J connectivity index is 2.70. The number of hydrogen-bond acceptors (Lipinski definition) is 6. The van der Waals surface area contributed by atoms with Crippen LogP contribution in [0.15, 0.2) is 29.9 Å². The number of fused-ring (bicyclic) bond motifs is 1. The summed E-state index contributed by atoms with van der Waals surface area (Å²) >= 11 is 0. The van der Waals surface area contributed by atoms with Gasteiger partial charge in [0.15, 0.2) is 11.6 Å². The van der Waals surface area contributed by atoms with Crippen LogP contribution in [0.25, 0.3) is 0 Å². The van der Waals surface area contributed by atoms with Crippen LogP contribution < -0.4 is 9.47 Å². The molecular weight excluding hydrogens is 360 g/mol. The number of esters is 1. The second-order valence-corrected chi connectivity index (χ2v) is 7.11. The lowest BCUT2D eigenvalue weighted by atomic mass is 9.88. The average molecular weight is 386 g/mol. The summed E-state index contributed by atoms with van der Waals surface area (Å²) in [5, 5.41) is 0. The van der Waals surface area contributed by atoms with E-state index >= 15 is 0 Å². The normalized spacial score (nSPS) is 13.8. The number of benzene rings is 1. The maximum absolute atomic E-state index is 12.6. The number of rotatable bonds is 7. The third kappa shape index (κ3) is 4.32. The summed E-state index contributed by atoms with van der Waals surface area (Å²) in [7, 11) is 2.84. The minimum Gasteiger partial charge on any atom is -0.496 e. The lowest BCUT2D eigenvalue weighted by Gasteiger charge is -2.25. The van der Waals surface area contributed by atoms with Crippen molar-refractivity contribution in [2.45, 2.75) is 40.2 Å². The molecule has 1 aromatic rings. The van der Waals surface area contributed by atoms with E-state index in [9.17, 15) is 14.4 Å². The van der Waals surface area contributed by atoms with Crippen LogP contribution in [-0.2, 0) is 9.53 Å². The number of ether oxygens (including phenoxy) is 3. The van der Waals surface area contributed by atoms with Crippen LogP contribution in [0.3, 0.4) is 0 Å². The molecule has 1 aliphatic carbocycles. The largest absolute Gasteiger partial charge is 0.496 e. The highest BCUT2D eigenvalue weighted by molar-refractivity contribution is 6.24. The van der Waals surface area contributed by atoms with Gasteiger partial charge in [0, 0.05) is 12.0 Å². The minimum atomic E-state index is -0.687. The number of carbonyl (C=O) groups excluding carboxylic acids is 3. The van der Waals surface area contributed by atoms with E-state index in [4.69, 9.17) is 14.2 Å². The third-order valence-electron chi connectivity index (χ3n) is 4.39. The summed E-state index contributed by atoms with van der Waals surface area (Å²) < 4.78 is 16.6. The van der Waals surface area contributed by atoms with E-state index in [1.807, 2.05) is 19.9 Å². The SMILES string of the molecule is COc1cc([C@@H](CC=C(C)C)OC(=O)C(C)C)c(OC)c2c1C(=O)C=CC2=O. The van der Waals surface area contributed by atoms with Crippen molar-refractivity contribution in [3.05, 3.63) is 46.6 Å². The molecule has 28 heavy (non-hydrogen) atoms. The van der Waals surface area contributed by atoms with Gasteiger partial charge in [0.2, 0.25) is 0 Å². The molecule has 0 amide bonds. The molecule has 0 unspecified atom stereocenters. The van der Waals surface area contributed by atoms with E-state index in [0.717, 1.165) is 5.57 Å². The van der Waals surface area contributed by atoms with Crippen LogP contribution >= 0.6 is 0 Å². The summed E-state index contributed by atoms with van der Waals surface area (Å²) in [6.45, 7) is 7.38. The zero-order valence-electron chi connectivity index (χ0n) is 17.1. The fourth-order valence-electron chi connectivity index (χ4n) is 2.94. The topological polar surface area (TPSA) is 78.9 Å². The Morgan fingerprint density at radius 3 is 2.14 bits per heavy atom. The van der Waals surface area contributed by atoms with Gasteiger partial charge >= 0.3 is 5.97 Å². The highest BCUT2D eigenvalue weighted by atomic mass is 16.5. The summed E-state index contributed by atoms with van der Waals surface area (Å²) in [6, 6.07) is 1.61. The van der Waals surface area contributed by atoms with Crippen LogP contribution in [0.2, 0.25) is 0 Å². The van der Waals surface area contributed by atoms with Gasteiger partial charge in [-0.2, -0.15) is 0 Å². The van der Waals surface area contributed by atoms with Gasteiger partial charge < -0.3 is 14.2 Å². The first-order valence-corrected chi connectivity index (χ1v) is 9.10. The van der Waals surface area contributed by atoms with Crippen molar-refractivity contribution in [1.82, 2.24) is 0 Å². The van der Waals surface area contributed by atoms with Crippen LogP contribution in [0.4, 0.5) is 0 Å². The fraction of sp³-hybridized carbons (Fsp3) is 0.409. The Morgan fingerprint density at radius 2 is 1.64 bits per heavy atom. The lowest BCUT2D eigenvalue weighted by molar-refractivity contribution is -0.153. The maximum Gasteiger partial charge on any atom is 0.308 e. The Labute approximate surface area is 165 Å². The van der Waals surface area contributed by atoms with Crippen LogP contribution in [0.5, 0.6) is 11.5 Å². The summed E-state index contributed by atoms with van der Waals surface area (Å²) in [5.41, 5.74) is 1.84. The van der Waals surface area contributed by atoms with Crippen molar-refractivity contribution in [3.63, 3.8) is 0 Å². The number of allylic oxidation sites excluding steroid dienone is 3. The summed E-state index contributed by atoms with van der Waals surface area (Å²) in [5.74, 6) is -0.906. The first-order chi connectivity index (χ1) is 13.2.